The van der Waals surface area contributed by atoms with E-state index in [0.29, 0.717) is 35.4 Å². The number of aliphatic hydroxyl groups is 1. The molecule has 30 heavy (non-hydrogen) atoms. The molecule has 4 rings (SSSR count). The van der Waals surface area contributed by atoms with Crippen molar-refractivity contribution in [3.63, 3.8) is 0 Å². The summed E-state index contributed by atoms with van der Waals surface area (Å²) in [7, 11) is 1.75. The number of nitrogens with zero attached hydrogens (tertiary/aromatic N) is 3. The first-order chi connectivity index (χ1) is 14.5. The van der Waals surface area contributed by atoms with Crippen LogP contribution in [0.2, 0.25) is 0 Å². The summed E-state index contributed by atoms with van der Waals surface area (Å²) in [6, 6.07) is 17.3. The van der Waals surface area contributed by atoms with Crippen LogP contribution < -0.4 is 0 Å². The molecule has 1 atom stereocenters. The Morgan fingerprint density at radius 3 is 2.37 bits per heavy atom. The number of hydrogen-bond acceptors (Lipinski definition) is 3. The Bertz CT molecular complexity index is 1140. The molecule has 0 fully saturated rings. The minimum Gasteiger partial charge on any atom is -0.387 e. The van der Waals surface area contributed by atoms with Gasteiger partial charge >= 0.3 is 0 Å². The first kappa shape index (κ1) is 19.9. The van der Waals surface area contributed by atoms with Crippen LogP contribution in [-0.4, -0.2) is 19.9 Å². The molecule has 2 heterocycles. The molecule has 0 spiro atoms. The molecule has 4 aromatic rings. The fourth-order valence-electron chi connectivity index (χ4n) is 3.65. The zero-order valence-corrected chi connectivity index (χ0v) is 16.5. The molecule has 0 amide bonds. The van der Waals surface area contributed by atoms with Crippen molar-refractivity contribution < 1.29 is 13.9 Å². The number of benzene rings is 2. The van der Waals surface area contributed by atoms with E-state index in [1.165, 1.54) is 6.07 Å². The second-order valence-electron chi connectivity index (χ2n) is 7.14. The molecule has 2 aromatic heterocycles. The lowest BCUT2D eigenvalue weighted by Crippen LogP contribution is -2.07. The van der Waals surface area contributed by atoms with E-state index in [-0.39, 0.29) is 0 Å². The first-order valence-corrected chi connectivity index (χ1v) is 9.69. The van der Waals surface area contributed by atoms with Crippen LogP contribution in [0.1, 0.15) is 23.8 Å². The second-order valence-corrected chi connectivity index (χ2v) is 7.14. The molecule has 6 heteroatoms. The Labute approximate surface area is 173 Å². The summed E-state index contributed by atoms with van der Waals surface area (Å²) >= 11 is 0. The summed E-state index contributed by atoms with van der Waals surface area (Å²) in [5.74, 6) is -1.85. The van der Waals surface area contributed by atoms with Gasteiger partial charge in [-0.3, -0.25) is 9.67 Å². The normalized spacial score (nSPS) is 12.1. The smallest absolute Gasteiger partial charge is 0.159 e. The molecule has 0 radical (unpaired) electrons. The van der Waals surface area contributed by atoms with Crippen LogP contribution in [0.15, 0.2) is 73.1 Å². The van der Waals surface area contributed by atoms with E-state index in [2.05, 4.69) is 10.1 Å². The van der Waals surface area contributed by atoms with Crippen molar-refractivity contribution in [1.82, 2.24) is 14.8 Å². The van der Waals surface area contributed by atoms with Gasteiger partial charge in [0.05, 0.1) is 11.8 Å². The Morgan fingerprint density at radius 2 is 1.67 bits per heavy atom. The van der Waals surface area contributed by atoms with Gasteiger partial charge in [0.2, 0.25) is 0 Å². The van der Waals surface area contributed by atoms with Crippen molar-refractivity contribution >= 4 is 0 Å². The summed E-state index contributed by atoms with van der Waals surface area (Å²) in [5.41, 5.74) is 4.16. The lowest BCUT2D eigenvalue weighted by molar-refractivity contribution is 0.159. The van der Waals surface area contributed by atoms with Gasteiger partial charge in [-0.15, -0.1) is 0 Å². The van der Waals surface area contributed by atoms with Crippen LogP contribution in [0.3, 0.4) is 0 Å². The minimum atomic E-state index is -0.940. The van der Waals surface area contributed by atoms with Crippen molar-refractivity contribution in [2.75, 3.05) is 0 Å². The fraction of sp³-hybridized carbons (Fsp3) is 0.167. The molecule has 0 aliphatic rings. The molecule has 0 saturated carbocycles. The maximum Gasteiger partial charge on any atom is 0.159 e. The molecular weight excluding hydrogens is 384 g/mol. The maximum absolute atomic E-state index is 13.9. The average Bonchev–Trinajstić information content (AvgIpc) is 3.12. The van der Waals surface area contributed by atoms with Crippen LogP contribution in [0, 0.1) is 11.6 Å². The van der Waals surface area contributed by atoms with Crippen LogP contribution >= 0.6 is 0 Å². The number of pyridine rings is 1. The Balaban J connectivity index is 1.78. The molecule has 0 saturated heterocycles. The molecule has 152 valence electrons. The van der Waals surface area contributed by atoms with Crippen molar-refractivity contribution in [1.29, 1.82) is 0 Å². The number of aryl methyl sites for hydroxylation is 2. The summed E-state index contributed by atoms with van der Waals surface area (Å²) in [6.45, 7) is 0. The first-order valence-electron chi connectivity index (χ1n) is 9.69. The van der Waals surface area contributed by atoms with Gasteiger partial charge in [0, 0.05) is 30.6 Å². The number of aliphatic hydroxyl groups excluding tert-OH is 1. The fourth-order valence-corrected chi connectivity index (χ4v) is 3.65. The Morgan fingerprint density at radius 1 is 0.933 bits per heavy atom. The third kappa shape index (κ3) is 4.00. The number of hydrogen-bond donors (Lipinski definition) is 1. The Kier molecular flexibility index (Phi) is 5.68. The van der Waals surface area contributed by atoms with Crippen LogP contribution in [0.5, 0.6) is 0 Å². The van der Waals surface area contributed by atoms with E-state index in [1.54, 1.807) is 24.1 Å². The molecule has 0 aliphatic carbocycles. The van der Waals surface area contributed by atoms with E-state index in [9.17, 15) is 13.9 Å². The van der Waals surface area contributed by atoms with Crippen molar-refractivity contribution in [2.45, 2.75) is 18.9 Å². The molecule has 0 aliphatic heterocycles. The van der Waals surface area contributed by atoms with Gasteiger partial charge in [-0.2, -0.15) is 5.10 Å². The van der Waals surface area contributed by atoms with E-state index in [1.807, 2.05) is 42.5 Å². The van der Waals surface area contributed by atoms with Crippen LogP contribution in [-0.2, 0) is 13.5 Å². The highest BCUT2D eigenvalue weighted by molar-refractivity contribution is 5.83. The summed E-state index contributed by atoms with van der Waals surface area (Å²) in [4.78, 5) is 4.06. The number of aromatic nitrogens is 3. The summed E-state index contributed by atoms with van der Waals surface area (Å²) in [5, 5.41) is 15.6. The quantitative estimate of drug-likeness (QED) is 0.486. The van der Waals surface area contributed by atoms with Crippen LogP contribution in [0.25, 0.3) is 22.4 Å². The van der Waals surface area contributed by atoms with Gasteiger partial charge < -0.3 is 5.11 Å². The lowest BCUT2D eigenvalue weighted by Gasteiger charge is -2.14. The minimum absolute atomic E-state index is 0.442. The zero-order valence-electron chi connectivity index (χ0n) is 16.5. The van der Waals surface area contributed by atoms with Gasteiger partial charge in [0.1, 0.15) is 5.69 Å². The molecular formula is C24H21F2N3O. The number of rotatable bonds is 6. The highest BCUT2D eigenvalue weighted by atomic mass is 19.2. The van der Waals surface area contributed by atoms with E-state index >= 15 is 0 Å². The van der Waals surface area contributed by atoms with Gasteiger partial charge in [0.25, 0.3) is 0 Å². The van der Waals surface area contributed by atoms with Crippen molar-refractivity contribution in [2.24, 2.45) is 7.05 Å². The largest absolute Gasteiger partial charge is 0.387 e. The second kappa shape index (κ2) is 8.55. The lowest BCUT2D eigenvalue weighted by atomic mass is 9.95. The average molecular weight is 405 g/mol. The van der Waals surface area contributed by atoms with E-state index in [4.69, 9.17) is 0 Å². The predicted molar refractivity (Wildman–Crippen MR) is 112 cm³/mol. The molecule has 1 unspecified atom stereocenters. The van der Waals surface area contributed by atoms with Gasteiger partial charge in [-0.25, -0.2) is 8.78 Å². The van der Waals surface area contributed by atoms with Gasteiger partial charge in [0.15, 0.2) is 11.6 Å². The highest BCUT2D eigenvalue weighted by Crippen LogP contribution is 2.38. The predicted octanol–water partition coefficient (Wildman–Crippen LogP) is 5.09. The molecule has 0 bridgehead atoms. The highest BCUT2D eigenvalue weighted by Gasteiger charge is 2.25. The zero-order chi connectivity index (χ0) is 21.1. The van der Waals surface area contributed by atoms with E-state index < -0.39 is 17.7 Å². The van der Waals surface area contributed by atoms with E-state index in [0.717, 1.165) is 23.3 Å². The maximum atomic E-state index is 13.9. The van der Waals surface area contributed by atoms with Crippen molar-refractivity contribution in [3.8, 4) is 22.4 Å². The van der Waals surface area contributed by atoms with Crippen molar-refractivity contribution in [3.05, 3.63) is 95.9 Å². The number of halogens is 2. The molecule has 2 aromatic carbocycles. The molecule has 4 nitrogen and oxygen atoms in total. The van der Waals surface area contributed by atoms with Crippen LogP contribution in [0.4, 0.5) is 8.78 Å². The summed E-state index contributed by atoms with van der Waals surface area (Å²) < 4.78 is 29.0. The third-order valence-corrected chi connectivity index (χ3v) is 5.12. The standard InChI is InChI=1S/C24H21F2N3O/c1-29-24(21(30)10-7-16-5-3-2-4-6-16)22(17-11-13-27-14-12-17)23(28-29)18-8-9-19(25)20(26)15-18/h2-6,8-9,11-15,21,30H,7,10H2,1H3. The third-order valence-electron chi connectivity index (χ3n) is 5.12. The topological polar surface area (TPSA) is 50.9 Å². The van der Waals surface area contributed by atoms with Gasteiger partial charge in [-0.05, 0) is 54.3 Å². The van der Waals surface area contributed by atoms with Gasteiger partial charge in [-0.1, -0.05) is 30.3 Å². The SMILES string of the molecule is Cn1nc(-c2ccc(F)c(F)c2)c(-c2ccncc2)c1C(O)CCc1ccccc1. The Hall–Kier alpha value is -3.38. The monoisotopic (exact) mass is 405 g/mol. The molecule has 1 N–H and O–H groups in total. The summed E-state index contributed by atoms with van der Waals surface area (Å²) in [6.07, 6.45) is 3.71.